The van der Waals surface area contributed by atoms with Crippen molar-refractivity contribution < 1.29 is 5.11 Å². The van der Waals surface area contributed by atoms with Crippen molar-refractivity contribution in [2.75, 3.05) is 0 Å². The Morgan fingerprint density at radius 3 is 2.24 bits per heavy atom. The summed E-state index contributed by atoms with van der Waals surface area (Å²) in [5, 5.41) is 20.1. The van der Waals surface area contributed by atoms with E-state index in [1.807, 2.05) is 6.08 Å². The SMILES string of the molecule is C=CCCCC(=C)C1C2C(CC1C(C)(O)C(NC(=C)NC(C)(C)CC(C)(C)C)C1CCCCC1)C2(C)C. The van der Waals surface area contributed by atoms with Crippen molar-refractivity contribution in [3.8, 4) is 0 Å². The summed E-state index contributed by atoms with van der Waals surface area (Å²) < 4.78 is 0. The molecule has 3 heteroatoms. The standard InChI is InChI=1S/C34H60N2O/c1-12-13-15-18-23(2)28-26(21-27-29(28)33(27,9)10)34(11,37)30(25-19-16-14-17-20-25)35-24(3)36-32(7,8)22-31(4,5)6/h12,25-30,35-37H,1-3,13-22H2,4-11H3. The van der Waals surface area contributed by atoms with Crippen LogP contribution in [0.25, 0.3) is 0 Å². The summed E-state index contributed by atoms with van der Waals surface area (Å²) in [7, 11) is 0. The van der Waals surface area contributed by atoms with Gasteiger partial charge in [0.25, 0.3) is 0 Å². The van der Waals surface area contributed by atoms with Gasteiger partial charge in [0.2, 0.25) is 0 Å². The normalized spacial score (nSPS) is 30.1. The highest BCUT2D eigenvalue weighted by molar-refractivity contribution is 5.26. The van der Waals surface area contributed by atoms with Crippen molar-refractivity contribution >= 4 is 0 Å². The molecule has 0 saturated heterocycles. The average Bonchev–Trinajstić information content (AvgIpc) is 3.09. The quantitative estimate of drug-likeness (QED) is 0.171. The number of nitrogens with one attached hydrogen (secondary N) is 2. The number of rotatable bonds is 13. The van der Waals surface area contributed by atoms with Crippen LogP contribution in [0.3, 0.4) is 0 Å². The third-order valence-electron chi connectivity index (χ3n) is 10.1. The first kappa shape index (κ1) is 30.3. The van der Waals surface area contributed by atoms with Crippen LogP contribution in [0.5, 0.6) is 0 Å². The molecule has 0 heterocycles. The highest BCUT2D eigenvalue weighted by atomic mass is 16.3. The van der Waals surface area contributed by atoms with E-state index in [-0.39, 0.29) is 22.9 Å². The molecule has 3 aliphatic rings. The lowest BCUT2D eigenvalue weighted by molar-refractivity contribution is -0.0718. The molecule has 0 aromatic heterocycles. The minimum Gasteiger partial charge on any atom is -0.388 e. The van der Waals surface area contributed by atoms with Gasteiger partial charge >= 0.3 is 0 Å². The Morgan fingerprint density at radius 1 is 1.05 bits per heavy atom. The van der Waals surface area contributed by atoms with Crippen molar-refractivity contribution in [3.05, 3.63) is 37.2 Å². The molecule has 0 aromatic carbocycles. The smallest absolute Gasteiger partial charge is 0.0919 e. The molecule has 0 aliphatic heterocycles. The van der Waals surface area contributed by atoms with E-state index in [1.54, 1.807) is 0 Å². The Balaban J connectivity index is 1.84. The van der Waals surface area contributed by atoms with Gasteiger partial charge in [-0.3, -0.25) is 0 Å². The second-order valence-corrected chi connectivity index (χ2v) is 15.6. The summed E-state index contributed by atoms with van der Waals surface area (Å²) in [6.45, 7) is 31.4. The Bertz CT molecular complexity index is 823. The molecule has 3 rings (SSSR count). The Labute approximate surface area is 230 Å². The fraction of sp³-hybridized carbons (Fsp3) is 0.824. The first-order valence-electron chi connectivity index (χ1n) is 15.3. The largest absolute Gasteiger partial charge is 0.388 e. The lowest BCUT2D eigenvalue weighted by atomic mass is 9.65. The number of fused-ring (bicyclic) bond motifs is 1. The van der Waals surface area contributed by atoms with E-state index in [0.29, 0.717) is 29.1 Å². The zero-order chi connectivity index (χ0) is 27.8. The Kier molecular flexibility index (Phi) is 9.10. The number of unbranched alkanes of at least 4 members (excludes halogenated alkanes) is 1. The van der Waals surface area contributed by atoms with Crippen LogP contribution in [0.4, 0.5) is 0 Å². The van der Waals surface area contributed by atoms with Gasteiger partial charge in [0.15, 0.2) is 0 Å². The zero-order valence-electron chi connectivity index (χ0n) is 25.7. The Hall–Kier alpha value is -1.22. The molecule has 0 radical (unpaired) electrons. The predicted molar refractivity (Wildman–Crippen MR) is 160 cm³/mol. The molecule has 37 heavy (non-hydrogen) atoms. The highest BCUT2D eigenvalue weighted by Crippen LogP contribution is 2.73. The molecule has 3 N–H and O–H groups in total. The topological polar surface area (TPSA) is 44.3 Å². The number of hydrogen-bond acceptors (Lipinski definition) is 3. The predicted octanol–water partition coefficient (Wildman–Crippen LogP) is 8.37. The molecule has 0 amide bonds. The van der Waals surface area contributed by atoms with Crippen molar-refractivity contribution in [1.29, 1.82) is 0 Å². The van der Waals surface area contributed by atoms with E-state index >= 15 is 0 Å². The van der Waals surface area contributed by atoms with E-state index in [0.717, 1.165) is 37.9 Å². The van der Waals surface area contributed by atoms with Crippen LogP contribution in [0, 0.1) is 40.4 Å². The van der Waals surface area contributed by atoms with Gasteiger partial charge in [-0.05, 0) is 106 Å². The lowest BCUT2D eigenvalue weighted by Crippen LogP contribution is -2.60. The van der Waals surface area contributed by atoms with Crippen LogP contribution < -0.4 is 10.6 Å². The van der Waals surface area contributed by atoms with Crippen LogP contribution in [-0.4, -0.2) is 22.3 Å². The van der Waals surface area contributed by atoms with Gasteiger partial charge in [-0.2, -0.15) is 0 Å². The average molecular weight is 513 g/mol. The maximum absolute atomic E-state index is 12.6. The molecule has 212 valence electrons. The summed E-state index contributed by atoms with van der Waals surface area (Å²) in [5.74, 6) is 3.30. The minimum atomic E-state index is -0.823. The Morgan fingerprint density at radius 2 is 1.68 bits per heavy atom. The van der Waals surface area contributed by atoms with Gasteiger partial charge in [-0.1, -0.05) is 78.7 Å². The molecule has 3 nitrogen and oxygen atoms in total. The first-order chi connectivity index (χ1) is 17.0. The van der Waals surface area contributed by atoms with Crippen molar-refractivity contribution in [2.24, 2.45) is 40.4 Å². The first-order valence-corrected chi connectivity index (χ1v) is 15.3. The lowest BCUT2D eigenvalue weighted by Gasteiger charge is -2.48. The fourth-order valence-corrected chi connectivity index (χ4v) is 8.84. The summed E-state index contributed by atoms with van der Waals surface area (Å²) in [6.07, 6.45) is 13.5. The minimum absolute atomic E-state index is 0.00711. The maximum Gasteiger partial charge on any atom is 0.0919 e. The van der Waals surface area contributed by atoms with Crippen LogP contribution in [0.15, 0.2) is 37.2 Å². The zero-order valence-corrected chi connectivity index (χ0v) is 25.7. The van der Waals surface area contributed by atoms with Crippen molar-refractivity contribution in [2.45, 2.75) is 137 Å². The monoisotopic (exact) mass is 512 g/mol. The second kappa shape index (κ2) is 11.1. The van der Waals surface area contributed by atoms with Gasteiger partial charge in [0, 0.05) is 5.54 Å². The third-order valence-corrected chi connectivity index (χ3v) is 10.1. The molecular formula is C34H60N2O. The third kappa shape index (κ3) is 7.06. The van der Waals surface area contributed by atoms with E-state index in [9.17, 15) is 5.11 Å². The number of aliphatic hydroxyl groups is 1. The summed E-state index contributed by atoms with van der Waals surface area (Å²) in [5.41, 5.74) is 1.05. The molecule has 3 saturated carbocycles. The molecule has 6 unspecified atom stereocenters. The summed E-state index contributed by atoms with van der Waals surface area (Å²) in [6, 6.07) is -0.00711. The van der Waals surface area contributed by atoms with E-state index < -0.39 is 5.60 Å². The molecule has 6 atom stereocenters. The van der Waals surface area contributed by atoms with Crippen molar-refractivity contribution in [1.82, 2.24) is 10.6 Å². The fourth-order valence-electron chi connectivity index (χ4n) is 8.84. The molecule has 0 aromatic rings. The van der Waals surface area contributed by atoms with E-state index in [2.05, 4.69) is 85.8 Å². The van der Waals surface area contributed by atoms with Crippen LogP contribution in [-0.2, 0) is 0 Å². The van der Waals surface area contributed by atoms with Gasteiger partial charge in [0.1, 0.15) is 0 Å². The maximum atomic E-state index is 12.6. The molecule has 3 aliphatic carbocycles. The highest BCUT2D eigenvalue weighted by Gasteiger charge is 2.70. The van der Waals surface area contributed by atoms with Gasteiger partial charge in [-0.15, -0.1) is 6.58 Å². The van der Waals surface area contributed by atoms with Crippen LogP contribution in [0.2, 0.25) is 0 Å². The van der Waals surface area contributed by atoms with Gasteiger partial charge < -0.3 is 15.7 Å². The molecule has 0 spiro atoms. The second-order valence-electron chi connectivity index (χ2n) is 15.6. The molecular weight excluding hydrogens is 452 g/mol. The number of hydrogen-bond donors (Lipinski definition) is 3. The summed E-state index contributed by atoms with van der Waals surface area (Å²) in [4.78, 5) is 0. The van der Waals surface area contributed by atoms with E-state index in [4.69, 9.17) is 0 Å². The van der Waals surface area contributed by atoms with Gasteiger partial charge in [-0.25, -0.2) is 0 Å². The van der Waals surface area contributed by atoms with E-state index in [1.165, 1.54) is 37.7 Å². The summed E-state index contributed by atoms with van der Waals surface area (Å²) >= 11 is 0. The number of allylic oxidation sites excluding steroid dienone is 2. The van der Waals surface area contributed by atoms with Crippen LogP contribution in [0.1, 0.15) is 120 Å². The van der Waals surface area contributed by atoms with Crippen molar-refractivity contribution in [3.63, 3.8) is 0 Å². The van der Waals surface area contributed by atoms with Gasteiger partial charge in [0.05, 0.1) is 17.5 Å². The van der Waals surface area contributed by atoms with Crippen LogP contribution >= 0.6 is 0 Å². The molecule has 3 fully saturated rings. The molecule has 0 bridgehead atoms.